The van der Waals surface area contributed by atoms with Crippen molar-refractivity contribution in [1.82, 2.24) is 3.97 Å². The number of hydrogen-bond acceptors (Lipinski definition) is 4. The lowest BCUT2D eigenvalue weighted by Crippen LogP contribution is -2.22. The summed E-state index contributed by atoms with van der Waals surface area (Å²) in [5.74, 6) is -0.476. The molecule has 2 aromatic rings. The van der Waals surface area contributed by atoms with Crippen LogP contribution in [0.1, 0.15) is 26.3 Å². The van der Waals surface area contributed by atoms with Crippen LogP contribution in [0.15, 0.2) is 53.7 Å². The van der Waals surface area contributed by atoms with Crippen LogP contribution in [0, 0.1) is 3.57 Å². The van der Waals surface area contributed by atoms with Gasteiger partial charge in [0.1, 0.15) is 5.60 Å². The fraction of sp³-hybridized carbons (Fsp3) is 0.235. The van der Waals surface area contributed by atoms with E-state index in [1.165, 1.54) is 24.5 Å². The maximum Gasteiger partial charge on any atom is 0.331 e. The molecule has 128 valence electrons. The molecular formula is C17H18INO4S. The Morgan fingerprint density at radius 2 is 1.79 bits per heavy atom. The van der Waals surface area contributed by atoms with Crippen molar-refractivity contribution >= 4 is 44.7 Å². The van der Waals surface area contributed by atoms with Crippen molar-refractivity contribution in [3.8, 4) is 0 Å². The van der Waals surface area contributed by atoms with Crippen molar-refractivity contribution in [1.29, 1.82) is 0 Å². The quantitative estimate of drug-likeness (QED) is 0.398. The second kappa shape index (κ2) is 7.10. The second-order valence-corrected chi connectivity index (χ2v) is 9.19. The molecule has 7 heteroatoms. The van der Waals surface area contributed by atoms with E-state index in [1.807, 2.05) is 0 Å². The normalized spacial score (nSPS) is 12.5. The SMILES string of the molecule is CC(C)(C)OC(=O)/C=C/c1ccn(S(=O)(=O)c2ccc(I)cc2)c1. The van der Waals surface area contributed by atoms with Crippen molar-refractivity contribution in [2.45, 2.75) is 31.3 Å². The van der Waals surface area contributed by atoms with E-state index < -0.39 is 21.6 Å². The average Bonchev–Trinajstić information content (AvgIpc) is 2.93. The molecule has 0 radical (unpaired) electrons. The van der Waals surface area contributed by atoms with E-state index >= 15 is 0 Å². The standard InChI is InChI=1S/C17H18INO4S/c1-17(2,3)23-16(20)9-4-13-10-11-19(12-13)24(21,22)15-7-5-14(18)6-8-15/h4-12H,1-3H3/b9-4+. The lowest BCUT2D eigenvalue weighted by molar-refractivity contribution is -0.148. The Morgan fingerprint density at radius 1 is 1.17 bits per heavy atom. The predicted molar refractivity (Wildman–Crippen MR) is 101 cm³/mol. The smallest absolute Gasteiger partial charge is 0.331 e. The minimum atomic E-state index is -3.64. The van der Waals surface area contributed by atoms with Crippen LogP contribution >= 0.6 is 22.6 Å². The highest BCUT2D eigenvalue weighted by atomic mass is 127. The number of hydrogen-bond donors (Lipinski definition) is 0. The van der Waals surface area contributed by atoms with E-state index in [0.717, 1.165) is 7.54 Å². The van der Waals surface area contributed by atoms with Crippen molar-refractivity contribution in [3.63, 3.8) is 0 Å². The van der Waals surface area contributed by atoms with Gasteiger partial charge in [0.2, 0.25) is 0 Å². The van der Waals surface area contributed by atoms with Crippen LogP contribution in [-0.2, 0) is 19.6 Å². The van der Waals surface area contributed by atoms with Crippen LogP contribution in [0.4, 0.5) is 0 Å². The van der Waals surface area contributed by atoms with Crippen LogP contribution in [0.2, 0.25) is 0 Å². The third-order valence-corrected chi connectivity index (χ3v) is 5.27. The van der Waals surface area contributed by atoms with Crippen LogP contribution in [0.25, 0.3) is 6.08 Å². The molecule has 0 saturated carbocycles. The molecule has 0 aliphatic carbocycles. The number of ether oxygens (including phenoxy) is 1. The number of nitrogens with zero attached hydrogens (tertiary/aromatic N) is 1. The largest absolute Gasteiger partial charge is 0.457 e. The number of carbonyl (C=O) groups is 1. The van der Waals surface area contributed by atoms with Crippen LogP contribution < -0.4 is 0 Å². The number of rotatable bonds is 4. The molecule has 0 bridgehead atoms. The maximum atomic E-state index is 12.5. The summed E-state index contributed by atoms with van der Waals surface area (Å²) in [6.07, 6.45) is 5.70. The summed E-state index contributed by atoms with van der Waals surface area (Å²) >= 11 is 2.11. The Balaban J connectivity index is 2.18. The molecule has 24 heavy (non-hydrogen) atoms. The minimum Gasteiger partial charge on any atom is -0.457 e. The third-order valence-electron chi connectivity index (χ3n) is 2.90. The third kappa shape index (κ3) is 4.94. The number of esters is 1. The summed E-state index contributed by atoms with van der Waals surface area (Å²) in [5, 5.41) is 0. The molecule has 5 nitrogen and oxygen atoms in total. The topological polar surface area (TPSA) is 65.4 Å². The monoisotopic (exact) mass is 459 g/mol. The summed E-state index contributed by atoms with van der Waals surface area (Å²) in [7, 11) is -3.64. The van der Waals surface area contributed by atoms with E-state index in [4.69, 9.17) is 4.74 Å². The molecule has 0 aliphatic heterocycles. The van der Waals surface area contributed by atoms with Crippen LogP contribution in [-0.4, -0.2) is 24.0 Å². The molecule has 0 fully saturated rings. The molecule has 0 saturated heterocycles. The first-order valence-electron chi connectivity index (χ1n) is 7.18. The Kier molecular flexibility index (Phi) is 5.54. The second-order valence-electron chi connectivity index (χ2n) is 6.10. The molecule has 1 aromatic heterocycles. The van der Waals surface area contributed by atoms with Gasteiger partial charge in [-0.2, -0.15) is 0 Å². The highest BCUT2D eigenvalue weighted by Gasteiger charge is 2.17. The van der Waals surface area contributed by atoms with Gasteiger partial charge in [-0.25, -0.2) is 17.2 Å². The highest BCUT2D eigenvalue weighted by Crippen LogP contribution is 2.17. The van der Waals surface area contributed by atoms with Crippen molar-refractivity contribution in [2.24, 2.45) is 0 Å². The van der Waals surface area contributed by atoms with Gasteiger partial charge in [0, 0.05) is 22.0 Å². The summed E-state index contributed by atoms with van der Waals surface area (Å²) in [6.45, 7) is 5.34. The van der Waals surface area contributed by atoms with E-state index in [2.05, 4.69) is 22.6 Å². The Morgan fingerprint density at radius 3 is 2.38 bits per heavy atom. The Labute approximate surface area is 155 Å². The molecule has 0 atom stereocenters. The molecule has 0 aliphatic rings. The number of carbonyl (C=O) groups excluding carboxylic acids is 1. The fourth-order valence-electron chi connectivity index (χ4n) is 1.87. The van der Waals surface area contributed by atoms with Gasteiger partial charge < -0.3 is 4.74 Å². The van der Waals surface area contributed by atoms with Gasteiger partial charge in [0.05, 0.1) is 4.90 Å². The Hall–Kier alpha value is -1.61. The predicted octanol–water partition coefficient (Wildman–Crippen LogP) is 3.68. The van der Waals surface area contributed by atoms with Gasteiger partial charge in [-0.05, 0) is 85.3 Å². The Bertz CT molecular complexity index is 859. The highest BCUT2D eigenvalue weighted by molar-refractivity contribution is 14.1. The molecular weight excluding hydrogens is 441 g/mol. The summed E-state index contributed by atoms with van der Waals surface area (Å²) < 4.78 is 32.3. The summed E-state index contributed by atoms with van der Waals surface area (Å²) in [6, 6.07) is 8.21. The zero-order valence-corrected chi connectivity index (χ0v) is 16.5. The zero-order chi connectivity index (χ0) is 18.0. The van der Waals surface area contributed by atoms with E-state index in [1.54, 1.807) is 51.1 Å². The number of aromatic nitrogens is 1. The van der Waals surface area contributed by atoms with Gasteiger partial charge in [-0.15, -0.1) is 0 Å². The van der Waals surface area contributed by atoms with Crippen molar-refractivity contribution in [3.05, 3.63) is 57.9 Å². The lowest BCUT2D eigenvalue weighted by Gasteiger charge is -2.17. The summed E-state index contributed by atoms with van der Waals surface area (Å²) in [4.78, 5) is 11.9. The average molecular weight is 459 g/mol. The van der Waals surface area contributed by atoms with Gasteiger partial charge >= 0.3 is 5.97 Å². The molecule has 2 rings (SSSR count). The van der Waals surface area contributed by atoms with Gasteiger partial charge in [0.15, 0.2) is 0 Å². The first kappa shape index (κ1) is 18.7. The van der Waals surface area contributed by atoms with Crippen LogP contribution in [0.5, 0.6) is 0 Å². The van der Waals surface area contributed by atoms with Gasteiger partial charge in [0.25, 0.3) is 10.0 Å². The molecule has 0 spiro atoms. The minimum absolute atomic E-state index is 0.209. The van der Waals surface area contributed by atoms with E-state index in [9.17, 15) is 13.2 Å². The number of halogens is 1. The van der Waals surface area contributed by atoms with Crippen LogP contribution in [0.3, 0.4) is 0 Å². The van der Waals surface area contributed by atoms with Gasteiger partial charge in [-0.3, -0.25) is 0 Å². The zero-order valence-electron chi connectivity index (χ0n) is 13.6. The first-order chi connectivity index (χ1) is 11.1. The van der Waals surface area contributed by atoms with E-state index in [0.29, 0.717) is 5.56 Å². The van der Waals surface area contributed by atoms with E-state index in [-0.39, 0.29) is 4.90 Å². The molecule has 0 N–H and O–H groups in total. The lowest BCUT2D eigenvalue weighted by atomic mass is 10.2. The van der Waals surface area contributed by atoms with Gasteiger partial charge in [-0.1, -0.05) is 0 Å². The molecule has 0 amide bonds. The first-order valence-corrected chi connectivity index (χ1v) is 9.70. The van der Waals surface area contributed by atoms with Crippen molar-refractivity contribution < 1.29 is 17.9 Å². The summed E-state index contributed by atoms with van der Waals surface area (Å²) in [5.41, 5.74) is 0.0246. The molecule has 0 unspecified atom stereocenters. The molecule has 1 aromatic carbocycles. The van der Waals surface area contributed by atoms with Crippen molar-refractivity contribution in [2.75, 3.05) is 0 Å². The maximum absolute atomic E-state index is 12.5. The number of benzene rings is 1. The molecule has 1 heterocycles. The fourth-order valence-corrected chi connectivity index (χ4v) is 3.43.